The lowest BCUT2D eigenvalue weighted by atomic mass is 10.1. The lowest BCUT2D eigenvalue weighted by Gasteiger charge is -2.17. The fraction of sp³-hybridized carbons (Fsp3) is 0.360. The third-order valence-corrected chi connectivity index (χ3v) is 5.92. The molecule has 0 saturated carbocycles. The maximum absolute atomic E-state index is 13.0. The molecule has 0 bridgehead atoms. The van der Waals surface area contributed by atoms with E-state index < -0.39 is 0 Å². The Morgan fingerprint density at radius 3 is 2.43 bits per heavy atom. The van der Waals surface area contributed by atoms with Gasteiger partial charge < -0.3 is 5.32 Å². The Kier molecular flexibility index (Phi) is 6.00. The number of rotatable bonds is 6. The molecule has 1 saturated heterocycles. The van der Waals surface area contributed by atoms with Crippen molar-refractivity contribution in [1.82, 2.24) is 20.0 Å². The largest absolute Gasteiger partial charge is 0.348 e. The van der Waals surface area contributed by atoms with E-state index >= 15 is 0 Å². The van der Waals surface area contributed by atoms with E-state index in [9.17, 15) is 4.79 Å². The van der Waals surface area contributed by atoms with E-state index in [0.29, 0.717) is 12.1 Å². The fourth-order valence-electron chi connectivity index (χ4n) is 4.24. The van der Waals surface area contributed by atoms with Crippen LogP contribution in [0.15, 0.2) is 54.6 Å². The number of hydrogen-bond donors (Lipinski definition) is 1. The molecule has 0 spiro atoms. The Morgan fingerprint density at radius 1 is 1.00 bits per heavy atom. The first-order valence-electron chi connectivity index (χ1n) is 10.7. The molecule has 2 heterocycles. The van der Waals surface area contributed by atoms with Crippen LogP contribution in [0.2, 0.25) is 0 Å². The first-order chi connectivity index (χ1) is 14.5. The van der Waals surface area contributed by atoms with Crippen LogP contribution in [0.3, 0.4) is 0 Å². The minimum atomic E-state index is -0.00767. The molecular weight excluding hydrogens is 372 g/mol. The number of hydrogen-bond acceptors (Lipinski definition) is 3. The van der Waals surface area contributed by atoms with Crippen molar-refractivity contribution in [2.24, 2.45) is 0 Å². The lowest BCUT2D eigenvalue weighted by molar-refractivity contribution is 0.0936. The summed E-state index contributed by atoms with van der Waals surface area (Å²) in [7, 11) is 0. The third-order valence-electron chi connectivity index (χ3n) is 5.92. The summed E-state index contributed by atoms with van der Waals surface area (Å²) in [6.45, 7) is 9.48. The molecule has 1 fully saturated rings. The van der Waals surface area contributed by atoms with E-state index in [1.807, 2.05) is 24.6 Å². The predicted octanol–water partition coefficient (Wildman–Crippen LogP) is 3.86. The highest BCUT2D eigenvalue weighted by atomic mass is 16.1. The number of carbonyl (C=O) groups excluding carboxylic acids is 1. The third kappa shape index (κ3) is 4.62. The quantitative estimate of drug-likeness (QED) is 0.681. The molecule has 1 aliphatic heterocycles. The highest BCUT2D eigenvalue weighted by Crippen LogP contribution is 2.18. The van der Waals surface area contributed by atoms with Crippen molar-refractivity contribution in [3.8, 4) is 0 Å². The van der Waals surface area contributed by atoms with Crippen molar-refractivity contribution in [3.63, 3.8) is 0 Å². The van der Waals surface area contributed by atoms with E-state index in [4.69, 9.17) is 0 Å². The molecule has 1 aliphatic rings. The predicted molar refractivity (Wildman–Crippen MR) is 120 cm³/mol. The van der Waals surface area contributed by atoms with Crippen LogP contribution in [0.5, 0.6) is 0 Å². The summed E-state index contributed by atoms with van der Waals surface area (Å²) in [5, 5.41) is 7.88. The smallest absolute Gasteiger partial charge is 0.255 e. The molecule has 1 aromatic heterocycles. The van der Waals surface area contributed by atoms with Crippen LogP contribution in [0.4, 0.5) is 0 Å². The average Bonchev–Trinajstić information content (AvgIpc) is 3.27. The molecule has 2 aromatic carbocycles. The summed E-state index contributed by atoms with van der Waals surface area (Å²) >= 11 is 0. The second kappa shape index (κ2) is 8.84. The van der Waals surface area contributed by atoms with Gasteiger partial charge in [0.05, 0.1) is 17.8 Å². The summed E-state index contributed by atoms with van der Waals surface area (Å²) in [6.07, 6.45) is 0.980. The number of aromatic nitrogens is 2. The molecule has 0 radical (unpaired) electrons. The maximum atomic E-state index is 13.0. The second-order valence-corrected chi connectivity index (χ2v) is 8.37. The SMILES string of the molecule is Cc1ccc(Cn2nc(C)c(C(=O)N[C@H]3CCN(Cc4ccccc4)C3)c2C)cc1. The normalized spacial score (nSPS) is 16.7. The first kappa shape index (κ1) is 20.4. The zero-order chi connectivity index (χ0) is 21.1. The van der Waals surface area contributed by atoms with Gasteiger partial charge in [-0.05, 0) is 38.3 Å². The molecule has 1 atom stereocenters. The number of carbonyl (C=O) groups is 1. The van der Waals surface area contributed by atoms with E-state index in [-0.39, 0.29) is 11.9 Å². The Labute approximate surface area is 178 Å². The van der Waals surface area contributed by atoms with Gasteiger partial charge in [0.15, 0.2) is 0 Å². The van der Waals surface area contributed by atoms with Gasteiger partial charge in [0, 0.05) is 31.4 Å². The van der Waals surface area contributed by atoms with Crippen molar-refractivity contribution < 1.29 is 4.79 Å². The highest BCUT2D eigenvalue weighted by molar-refractivity contribution is 5.96. The van der Waals surface area contributed by atoms with Gasteiger partial charge in [-0.15, -0.1) is 0 Å². The van der Waals surface area contributed by atoms with Crippen LogP contribution in [-0.4, -0.2) is 39.7 Å². The molecule has 0 unspecified atom stereocenters. The van der Waals surface area contributed by atoms with Gasteiger partial charge in [-0.2, -0.15) is 5.10 Å². The molecule has 1 amide bonds. The summed E-state index contributed by atoms with van der Waals surface area (Å²) in [5.41, 5.74) is 6.16. The van der Waals surface area contributed by atoms with E-state index in [2.05, 4.69) is 70.8 Å². The van der Waals surface area contributed by atoms with Crippen LogP contribution in [0.25, 0.3) is 0 Å². The molecule has 3 aromatic rings. The number of amides is 1. The zero-order valence-electron chi connectivity index (χ0n) is 18.1. The molecule has 5 nitrogen and oxygen atoms in total. The van der Waals surface area contributed by atoms with Gasteiger partial charge in [0.25, 0.3) is 5.91 Å². The van der Waals surface area contributed by atoms with Gasteiger partial charge in [0.2, 0.25) is 0 Å². The Bertz CT molecular complexity index is 1010. The summed E-state index contributed by atoms with van der Waals surface area (Å²) in [5.74, 6) is -0.00767. The standard InChI is InChI=1S/C25H30N4O/c1-18-9-11-22(12-10-18)16-29-20(3)24(19(2)27-29)25(30)26-23-13-14-28(17-23)15-21-7-5-4-6-8-21/h4-12,23H,13-17H2,1-3H3,(H,26,30)/t23-/m0/s1. The summed E-state index contributed by atoms with van der Waals surface area (Å²) < 4.78 is 1.94. The number of benzene rings is 2. The van der Waals surface area contributed by atoms with E-state index in [1.165, 1.54) is 16.7 Å². The number of nitrogens with zero attached hydrogens (tertiary/aromatic N) is 3. The molecule has 156 valence electrons. The lowest BCUT2D eigenvalue weighted by Crippen LogP contribution is -2.37. The molecule has 0 aliphatic carbocycles. The van der Waals surface area contributed by atoms with Crippen molar-refractivity contribution >= 4 is 5.91 Å². The highest BCUT2D eigenvalue weighted by Gasteiger charge is 2.26. The van der Waals surface area contributed by atoms with Crippen LogP contribution in [-0.2, 0) is 13.1 Å². The monoisotopic (exact) mass is 402 g/mol. The second-order valence-electron chi connectivity index (χ2n) is 8.37. The Hall–Kier alpha value is -2.92. The van der Waals surface area contributed by atoms with Crippen molar-refractivity contribution in [3.05, 3.63) is 88.2 Å². The van der Waals surface area contributed by atoms with Crippen molar-refractivity contribution in [2.75, 3.05) is 13.1 Å². The summed E-state index contributed by atoms with van der Waals surface area (Å²) in [6, 6.07) is 19.1. The summed E-state index contributed by atoms with van der Waals surface area (Å²) in [4.78, 5) is 15.4. The topological polar surface area (TPSA) is 50.2 Å². The minimum Gasteiger partial charge on any atom is -0.348 e. The fourth-order valence-corrected chi connectivity index (χ4v) is 4.24. The first-order valence-corrected chi connectivity index (χ1v) is 10.7. The molecular formula is C25H30N4O. The van der Waals surface area contributed by atoms with Gasteiger partial charge in [-0.3, -0.25) is 14.4 Å². The Morgan fingerprint density at radius 2 is 1.70 bits per heavy atom. The van der Waals surface area contributed by atoms with Crippen LogP contribution < -0.4 is 5.32 Å². The van der Waals surface area contributed by atoms with E-state index in [1.54, 1.807) is 0 Å². The van der Waals surface area contributed by atoms with Crippen molar-refractivity contribution in [2.45, 2.75) is 46.3 Å². The maximum Gasteiger partial charge on any atom is 0.255 e. The van der Waals surface area contributed by atoms with Crippen molar-refractivity contribution in [1.29, 1.82) is 0 Å². The Balaban J connectivity index is 1.39. The van der Waals surface area contributed by atoms with Crippen LogP contribution in [0.1, 0.15) is 44.9 Å². The van der Waals surface area contributed by atoms with Gasteiger partial charge >= 0.3 is 0 Å². The minimum absolute atomic E-state index is 0.00767. The number of nitrogens with one attached hydrogen (secondary N) is 1. The molecule has 30 heavy (non-hydrogen) atoms. The molecule has 4 rings (SSSR count). The number of likely N-dealkylation sites (tertiary alicyclic amines) is 1. The van der Waals surface area contributed by atoms with E-state index in [0.717, 1.165) is 37.4 Å². The zero-order valence-corrected chi connectivity index (χ0v) is 18.1. The number of aryl methyl sites for hydroxylation is 2. The van der Waals surface area contributed by atoms with Crippen LogP contribution >= 0.6 is 0 Å². The molecule has 1 N–H and O–H groups in total. The van der Waals surface area contributed by atoms with Gasteiger partial charge in [0.1, 0.15) is 0 Å². The van der Waals surface area contributed by atoms with Crippen LogP contribution in [0, 0.1) is 20.8 Å². The van der Waals surface area contributed by atoms with Gasteiger partial charge in [-0.25, -0.2) is 0 Å². The molecule has 5 heteroatoms. The van der Waals surface area contributed by atoms with Gasteiger partial charge in [-0.1, -0.05) is 60.2 Å². The average molecular weight is 403 g/mol.